The summed E-state index contributed by atoms with van der Waals surface area (Å²) < 4.78 is 5.19. The van der Waals surface area contributed by atoms with E-state index in [0.717, 1.165) is 51.2 Å². The van der Waals surface area contributed by atoms with Crippen molar-refractivity contribution < 1.29 is 9.53 Å². The van der Waals surface area contributed by atoms with E-state index in [1.54, 1.807) is 7.11 Å². The molecule has 7 heteroatoms. The van der Waals surface area contributed by atoms with Crippen LogP contribution in [-0.2, 0) is 4.79 Å². The number of halogens is 2. The number of rotatable bonds is 7. The molecule has 2 saturated heterocycles. The van der Waals surface area contributed by atoms with Crippen LogP contribution in [0.4, 0.5) is 0 Å². The largest absolute Gasteiger partial charge is 0.497 e. The minimum Gasteiger partial charge on any atom is -0.497 e. The van der Waals surface area contributed by atoms with E-state index in [4.69, 9.17) is 10.5 Å². The van der Waals surface area contributed by atoms with Gasteiger partial charge in [-0.3, -0.25) is 9.69 Å². The highest BCUT2D eigenvalue weighted by molar-refractivity contribution is 5.85. The second-order valence-electron chi connectivity index (χ2n) is 7.32. The first-order valence-electron chi connectivity index (χ1n) is 9.73. The van der Waals surface area contributed by atoms with Gasteiger partial charge in [0.15, 0.2) is 0 Å². The van der Waals surface area contributed by atoms with Crippen LogP contribution in [-0.4, -0.2) is 61.6 Å². The van der Waals surface area contributed by atoms with Gasteiger partial charge in [-0.15, -0.1) is 24.8 Å². The number of amides is 1. The molecule has 2 aliphatic rings. The summed E-state index contributed by atoms with van der Waals surface area (Å²) in [6, 6.07) is 8.54. The van der Waals surface area contributed by atoms with Crippen LogP contribution in [0.15, 0.2) is 30.3 Å². The highest BCUT2D eigenvalue weighted by atomic mass is 35.5. The van der Waals surface area contributed by atoms with Gasteiger partial charge >= 0.3 is 0 Å². The van der Waals surface area contributed by atoms with Gasteiger partial charge in [-0.25, -0.2) is 0 Å². The van der Waals surface area contributed by atoms with Gasteiger partial charge in [0.1, 0.15) is 5.75 Å². The molecule has 158 valence electrons. The van der Waals surface area contributed by atoms with E-state index < -0.39 is 0 Å². The van der Waals surface area contributed by atoms with Crippen LogP contribution in [0.25, 0.3) is 6.08 Å². The molecular weight excluding hydrogens is 397 g/mol. The lowest BCUT2D eigenvalue weighted by Gasteiger charge is -2.47. The fraction of sp³-hybridized carbons (Fsp3) is 0.571. The van der Waals surface area contributed by atoms with Crippen molar-refractivity contribution in [1.82, 2.24) is 9.80 Å². The van der Waals surface area contributed by atoms with Gasteiger partial charge in [-0.2, -0.15) is 0 Å². The van der Waals surface area contributed by atoms with Crippen LogP contribution in [0, 0.1) is 5.92 Å². The predicted octanol–water partition coefficient (Wildman–Crippen LogP) is 3.21. The van der Waals surface area contributed by atoms with Crippen LogP contribution >= 0.6 is 24.8 Å². The second kappa shape index (κ2) is 12.3. The molecule has 0 aromatic heterocycles. The number of ether oxygens (including phenoxy) is 1. The Morgan fingerprint density at radius 2 is 1.96 bits per heavy atom. The van der Waals surface area contributed by atoms with Gasteiger partial charge in [0.05, 0.1) is 7.11 Å². The SMILES string of the molecule is COc1ccc(C=CCN2CC[C@@H]3[C@@H](CCC(=O)N3CCCN)C2)cc1.Cl.Cl. The zero-order valence-corrected chi connectivity index (χ0v) is 18.2. The van der Waals surface area contributed by atoms with E-state index in [1.807, 2.05) is 12.1 Å². The minimum absolute atomic E-state index is 0. The maximum absolute atomic E-state index is 12.3. The quantitative estimate of drug-likeness (QED) is 0.722. The van der Waals surface area contributed by atoms with Crippen LogP contribution in [0.3, 0.4) is 0 Å². The summed E-state index contributed by atoms with van der Waals surface area (Å²) in [6.45, 7) is 4.59. The number of fused-ring (bicyclic) bond motifs is 1. The molecule has 0 unspecified atom stereocenters. The third-order valence-electron chi connectivity index (χ3n) is 5.62. The summed E-state index contributed by atoms with van der Waals surface area (Å²) in [4.78, 5) is 16.9. The molecule has 0 saturated carbocycles. The van der Waals surface area contributed by atoms with E-state index >= 15 is 0 Å². The maximum Gasteiger partial charge on any atom is 0.222 e. The number of nitrogens with zero attached hydrogens (tertiary/aromatic N) is 2. The van der Waals surface area contributed by atoms with Crippen LogP contribution in [0.2, 0.25) is 0 Å². The number of carbonyl (C=O) groups excluding carboxylic acids is 1. The Bertz CT molecular complexity index is 625. The van der Waals surface area contributed by atoms with E-state index in [9.17, 15) is 4.79 Å². The molecule has 2 aliphatic heterocycles. The molecule has 1 amide bonds. The van der Waals surface area contributed by atoms with Crippen molar-refractivity contribution in [3.8, 4) is 5.75 Å². The lowest BCUT2D eigenvalue weighted by atomic mass is 9.83. The fourth-order valence-corrected chi connectivity index (χ4v) is 4.20. The van der Waals surface area contributed by atoms with E-state index in [-0.39, 0.29) is 24.8 Å². The number of nitrogens with two attached hydrogens (primary N) is 1. The smallest absolute Gasteiger partial charge is 0.222 e. The predicted molar refractivity (Wildman–Crippen MR) is 119 cm³/mol. The van der Waals surface area contributed by atoms with Crippen molar-refractivity contribution in [3.05, 3.63) is 35.9 Å². The Balaban J connectivity index is 0.00000196. The molecule has 0 radical (unpaired) electrons. The first-order chi connectivity index (χ1) is 12.7. The summed E-state index contributed by atoms with van der Waals surface area (Å²) in [7, 11) is 1.68. The molecule has 0 spiro atoms. The zero-order chi connectivity index (χ0) is 18.4. The molecular formula is C21H33Cl2N3O2. The monoisotopic (exact) mass is 429 g/mol. The highest BCUT2D eigenvalue weighted by Gasteiger charge is 2.38. The van der Waals surface area contributed by atoms with Crippen molar-refractivity contribution in [2.45, 2.75) is 31.7 Å². The molecule has 0 bridgehead atoms. The summed E-state index contributed by atoms with van der Waals surface area (Å²) in [6.07, 6.45) is 8.12. The lowest BCUT2D eigenvalue weighted by Crippen LogP contribution is -2.56. The Labute approximate surface area is 181 Å². The van der Waals surface area contributed by atoms with Crippen molar-refractivity contribution in [3.63, 3.8) is 0 Å². The van der Waals surface area contributed by atoms with Crippen molar-refractivity contribution >= 4 is 36.8 Å². The van der Waals surface area contributed by atoms with Crippen LogP contribution in [0.5, 0.6) is 5.75 Å². The third-order valence-corrected chi connectivity index (χ3v) is 5.62. The molecule has 2 heterocycles. The summed E-state index contributed by atoms with van der Waals surface area (Å²) in [5.41, 5.74) is 6.83. The molecule has 0 aliphatic carbocycles. The zero-order valence-electron chi connectivity index (χ0n) is 16.6. The number of methoxy groups -OCH3 is 1. The van der Waals surface area contributed by atoms with Gasteiger partial charge < -0.3 is 15.4 Å². The average Bonchev–Trinajstić information content (AvgIpc) is 2.68. The highest BCUT2D eigenvalue weighted by Crippen LogP contribution is 2.31. The van der Waals surface area contributed by atoms with Crippen LogP contribution < -0.4 is 10.5 Å². The molecule has 2 atom stereocenters. The topological polar surface area (TPSA) is 58.8 Å². The van der Waals surface area contributed by atoms with Gasteiger partial charge in [0.25, 0.3) is 0 Å². The van der Waals surface area contributed by atoms with Crippen molar-refractivity contribution in [2.75, 3.05) is 39.8 Å². The van der Waals surface area contributed by atoms with E-state index in [2.05, 4.69) is 34.1 Å². The Morgan fingerprint density at radius 1 is 1.21 bits per heavy atom. The molecule has 2 fully saturated rings. The minimum atomic E-state index is 0. The lowest BCUT2D eigenvalue weighted by molar-refractivity contribution is -0.141. The van der Waals surface area contributed by atoms with Gasteiger partial charge in [-0.05, 0) is 49.4 Å². The summed E-state index contributed by atoms with van der Waals surface area (Å²) in [5.74, 6) is 1.82. The molecule has 1 aromatic rings. The number of piperidine rings is 2. The standard InChI is InChI=1S/C21H31N3O2.2ClH/c1-26-19-8-5-17(6-9-19)4-2-13-23-15-11-20-18(16-23)7-10-21(25)24(20)14-3-12-22;;/h2,4-6,8-9,18,20H,3,7,10-16,22H2,1H3;2*1H/t18-,20+;;/m0../s1. The van der Waals surface area contributed by atoms with Gasteiger partial charge in [0, 0.05) is 38.6 Å². The average molecular weight is 430 g/mol. The number of benzene rings is 1. The van der Waals surface area contributed by atoms with Gasteiger partial charge in [-0.1, -0.05) is 24.3 Å². The molecule has 28 heavy (non-hydrogen) atoms. The first-order valence-corrected chi connectivity index (χ1v) is 9.73. The number of hydrogen-bond donors (Lipinski definition) is 1. The normalized spacial score (nSPS) is 22.4. The van der Waals surface area contributed by atoms with Gasteiger partial charge in [0.2, 0.25) is 5.91 Å². The molecule has 5 nitrogen and oxygen atoms in total. The molecule has 3 rings (SSSR count). The number of likely N-dealkylation sites (tertiary alicyclic amines) is 2. The van der Waals surface area contributed by atoms with E-state index in [1.165, 1.54) is 5.56 Å². The van der Waals surface area contributed by atoms with E-state index in [0.29, 0.717) is 30.8 Å². The van der Waals surface area contributed by atoms with Crippen molar-refractivity contribution in [1.29, 1.82) is 0 Å². The molecule has 2 N–H and O–H groups in total. The Morgan fingerprint density at radius 3 is 2.64 bits per heavy atom. The van der Waals surface area contributed by atoms with Crippen molar-refractivity contribution in [2.24, 2.45) is 11.7 Å². The number of carbonyl (C=O) groups is 1. The fourth-order valence-electron chi connectivity index (χ4n) is 4.20. The summed E-state index contributed by atoms with van der Waals surface area (Å²) in [5, 5.41) is 0. The van der Waals surface area contributed by atoms with Crippen LogP contribution in [0.1, 0.15) is 31.2 Å². The maximum atomic E-state index is 12.3. The first kappa shape index (κ1) is 24.8. The summed E-state index contributed by atoms with van der Waals surface area (Å²) >= 11 is 0. The Kier molecular flexibility index (Phi) is 10.9. The second-order valence-corrected chi connectivity index (χ2v) is 7.32. The Hall–Kier alpha value is -1.27. The molecule has 1 aromatic carbocycles. The third kappa shape index (κ3) is 6.38. The number of hydrogen-bond acceptors (Lipinski definition) is 4.